The Kier molecular flexibility index (Phi) is 11.1. The van der Waals surface area contributed by atoms with Crippen molar-refractivity contribution in [2.75, 3.05) is 71.8 Å². The lowest BCUT2D eigenvalue weighted by Gasteiger charge is -2.39. The van der Waals surface area contributed by atoms with Crippen molar-refractivity contribution in [3.8, 4) is 0 Å². The summed E-state index contributed by atoms with van der Waals surface area (Å²) in [7, 11) is 3.50. The van der Waals surface area contributed by atoms with E-state index >= 15 is 0 Å². The number of hydrogen-bond donors (Lipinski definition) is 3. The topological polar surface area (TPSA) is 122 Å². The molecule has 2 aromatic heterocycles. The summed E-state index contributed by atoms with van der Waals surface area (Å²) < 4.78 is 44.0. The number of benzene rings is 2. The smallest absolute Gasteiger partial charge is 0.386 e. The number of fused-ring (bicyclic) bond motifs is 3. The van der Waals surface area contributed by atoms with Gasteiger partial charge in [0.1, 0.15) is 6.04 Å². The maximum atomic E-state index is 14.2. The van der Waals surface area contributed by atoms with Gasteiger partial charge >= 0.3 is 17.9 Å². The molecule has 12 nitrogen and oxygen atoms in total. The number of nitrogens with zero attached hydrogens (tertiary/aromatic N) is 6. The molecule has 4 aromatic rings. The molecule has 54 heavy (non-hydrogen) atoms. The molecule has 0 spiro atoms. The van der Waals surface area contributed by atoms with Gasteiger partial charge in [0.25, 0.3) is 0 Å². The molecule has 0 aliphatic carbocycles. The number of halogens is 4. The number of para-hydroxylation sites is 1. The van der Waals surface area contributed by atoms with E-state index in [1.807, 2.05) is 24.3 Å². The average Bonchev–Trinajstić information content (AvgIpc) is 3.35. The summed E-state index contributed by atoms with van der Waals surface area (Å²) in [6.07, 6.45) is 0.459. The van der Waals surface area contributed by atoms with E-state index in [1.54, 1.807) is 20.6 Å². The van der Waals surface area contributed by atoms with Gasteiger partial charge in [-0.2, -0.15) is 13.2 Å². The molecule has 3 saturated heterocycles. The minimum absolute atomic E-state index is 0.124. The molecule has 290 valence electrons. The summed E-state index contributed by atoms with van der Waals surface area (Å²) in [6, 6.07) is 8.56. The summed E-state index contributed by atoms with van der Waals surface area (Å²) in [6.45, 7) is 5.63. The van der Waals surface area contributed by atoms with Crippen LogP contribution in [0.5, 0.6) is 0 Å². The van der Waals surface area contributed by atoms with Gasteiger partial charge in [-0.3, -0.25) is 19.2 Å². The van der Waals surface area contributed by atoms with Crippen molar-refractivity contribution in [1.82, 2.24) is 39.5 Å². The Morgan fingerprint density at radius 2 is 1.67 bits per heavy atom. The molecular weight excluding hydrogens is 723 g/mol. The second-order valence-electron chi connectivity index (χ2n) is 14.8. The molecule has 16 heteroatoms. The van der Waals surface area contributed by atoms with Gasteiger partial charge in [0, 0.05) is 70.2 Å². The number of aromatic amines is 1. The monoisotopic (exact) mass is 769 g/mol. The van der Waals surface area contributed by atoms with Crippen LogP contribution in [-0.4, -0.2) is 125 Å². The van der Waals surface area contributed by atoms with Crippen LogP contribution in [0, 0.1) is 0 Å². The molecule has 0 bridgehead atoms. The molecule has 7 rings (SSSR count). The maximum Gasteiger partial charge on any atom is 0.418 e. The Bertz CT molecular complexity index is 2050. The van der Waals surface area contributed by atoms with Crippen LogP contribution in [0.3, 0.4) is 0 Å². The van der Waals surface area contributed by atoms with Gasteiger partial charge in [-0.15, -0.1) is 0 Å². The van der Waals surface area contributed by atoms with Crippen molar-refractivity contribution in [3.63, 3.8) is 0 Å². The van der Waals surface area contributed by atoms with Gasteiger partial charge < -0.3 is 30.3 Å². The number of anilines is 1. The first-order chi connectivity index (χ1) is 25.9. The zero-order valence-electron chi connectivity index (χ0n) is 30.6. The van der Waals surface area contributed by atoms with Crippen molar-refractivity contribution < 1.29 is 22.8 Å². The largest absolute Gasteiger partial charge is 0.418 e. The minimum Gasteiger partial charge on any atom is -0.386 e. The van der Waals surface area contributed by atoms with Gasteiger partial charge in [-0.1, -0.05) is 29.8 Å². The third-order valence-electron chi connectivity index (χ3n) is 11.4. The Labute approximate surface area is 316 Å². The number of imidazole rings is 1. The van der Waals surface area contributed by atoms with Gasteiger partial charge in [-0.05, 0) is 76.0 Å². The second-order valence-corrected chi connectivity index (χ2v) is 15.2. The third kappa shape index (κ3) is 7.89. The van der Waals surface area contributed by atoms with Crippen LogP contribution in [0.4, 0.5) is 23.7 Å². The van der Waals surface area contributed by atoms with Gasteiger partial charge in [-0.25, -0.2) is 9.59 Å². The number of likely N-dealkylation sites (N-methyl/N-ethyl adjacent to an activating group) is 1. The van der Waals surface area contributed by atoms with Crippen molar-refractivity contribution in [3.05, 3.63) is 69.2 Å². The SMILES string of the molecule is CNc1c(Cl)cc(C[C@@H](NC(=O)N2CCC(n3c(=O)[nH]c4c5ccccc5ncc43)CC2)C(=O)N2CCC(N3CCCN(C)CC3)CC2)cc1C(F)(F)F. The summed E-state index contributed by atoms with van der Waals surface area (Å²) in [5.41, 5.74) is 0.942. The molecule has 0 radical (unpaired) electrons. The summed E-state index contributed by atoms with van der Waals surface area (Å²) in [5, 5.41) is 6.15. The van der Waals surface area contributed by atoms with E-state index in [9.17, 15) is 27.6 Å². The fraction of sp³-hybridized carbons (Fsp3) is 0.526. The van der Waals surface area contributed by atoms with Crippen molar-refractivity contribution in [2.24, 2.45) is 0 Å². The van der Waals surface area contributed by atoms with E-state index in [1.165, 1.54) is 13.1 Å². The Morgan fingerprint density at radius 1 is 0.963 bits per heavy atom. The number of H-pyrrole nitrogens is 1. The normalized spacial score (nSPS) is 19.3. The molecule has 3 amide bonds. The lowest BCUT2D eigenvalue weighted by atomic mass is 9.98. The number of aromatic nitrogens is 3. The molecule has 0 saturated carbocycles. The highest BCUT2D eigenvalue weighted by Gasteiger charge is 2.37. The number of pyridine rings is 1. The predicted molar refractivity (Wildman–Crippen MR) is 203 cm³/mol. The van der Waals surface area contributed by atoms with E-state index in [4.69, 9.17) is 11.6 Å². The standard InChI is InChI=1S/C38H47ClF3N9O3/c1-43-34-28(38(40,41)42)20-24(21-29(34)39)22-31(35(52)49-14-8-25(9-15-49)48-13-5-12-47(2)18-19-48)45-36(53)50-16-10-26(11-17-50)51-32-23-44-30-7-4-3-6-27(30)33(32)46-37(51)54/h3-4,6-7,20-21,23,25-26,31,43H,5,8-19,22H2,1-2H3,(H,45,53)(H,46,54)/t31-/m1/s1. The first-order valence-electron chi connectivity index (χ1n) is 18.7. The number of carbonyl (C=O) groups is 2. The second kappa shape index (κ2) is 15.8. The lowest BCUT2D eigenvalue weighted by molar-refractivity contribution is -0.137. The highest BCUT2D eigenvalue weighted by atomic mass is 35.5. The van der Waals surface area contributed by atoms with E-state index in [0.717, 1.165) is 62.4 Å². The number of amides is 3. The highest BCUT2D eigenvalue weighted by molar-refractivity contribution is 6.33. The van der Waals surface area contributed by atoms with Crippen LogP contribution < -0.4 is 16.3 Å². The quantitative estimate of drug-likeness (QED) is 0.237. The molecule has 3 fully saturated rings. The first kappa shape index (κ1) is 38.0. The maximum absolute atomic E-state index is 14.2. The molecule has 3 aliphatic heterocycles. The summed E-state index contributed by atoms with van der Waals surface area (Å²) in [4.78, 5) is 56.9. The fourth-order valence-electron chi connectivity index (χ4n) is 8.45. The van der Waals surface area contributed by atoms with Crippen LogP contribution >= 0.6 is 11.6 Å². The van der Waals surface area contributed by atoms with Crippen molar-refractivity contribution >= 4 is 51.2 Å². The molecule has 2 aromatic carbocycles. The Balaban J connectivity index is 1.07. The Morgan fingerprint density at radius 3 is 2.39 bits per heavy atom. The van der Waals surface area contributed by atoms with E-state index in [2.05, 4.69) is 37.4 Å². The van der Waals surface area contributed by atoms with Crippen LogP contribution in [0.1, 0.15) is 49.3 Å². The molecule has 3 N–H and O–H groups in total. The van der Waals surface area contributed by atoms with Gasteiger partial charge in [0.05, 0.1) is 39.0 Å². The zero-order chi connectivity index (χ0) is 38.1. The molecule has 5 heterocycles. The van der Waals surface area contributed by atoms with Crippen molar-refractivity contribution in [1.29, 1.82) is 0 Å². The highest BCUT2D eigenvalue weighted by Crippen LogP contribution is 2.40. The number of nitrogens with one attached hydrogen (secondary N) is 3. The number of carbonyl (C=O) groups excluding carboxylic acids is 2. The predicted octanol–water partition coefficient (Wildman–Crippen LogP) is 5.18. The summed E-state index contributed by atoms with van der Waals surface area (Å²) >= 11 is 6.33. The molecular formula is C38H47ClF3N9O3. The van der Waals surface area contributed by atoms with Crippen molar-refractivity contribution in [2.45, 2.75) is 62.8 Å². The van der Waals surface area contributed by atoms with E-state index in [-0.39, 0.29) is 40.3 Å². The number of likely N-dealkylation sites (tertiary alicyclic amines) is 2. The molecule has 3 aliphatic rings. The fourth-order valence-corrected chi connectivity index (χ4v) is 8.79. The lowest BCUT2D eigenvalue weighted by Crippen LogP contribution is -2.56. The number of urea groups is 1. The van der Waals surface area contributed by atoms with Crippen LogP contribution in [-0.2, 0) is 17.4 Å². The minimum atomic E-state index is -4.69. The average molecular weight is 770 g/mol. The molecule has 0 unspecified atom stereocenters. The van der Waals surface area contributed by atoms with Crippen LogP contribution in [0.2, 0.25) is 5.02 Å². The van der Waals surface area contributed by atoms with Crippen LogP contribution in [0.25, 0.3) is 21.9 Å². The van der Waals surface area contributed by atoms with Crippen LogP contribution in [0.15, 0.2) is 47.4 Å². The number of rotatable bonds is 7. The zero-order valence-corrected chi connectivity index (χ0v) is 31.3. The molecule has 1 atom stereocenters. The van der Waals surface area contributed by atoms with Gasteiger partial charge in [0.15, 0.2) is 0 Å². The van der Waals surface area contributed by atoms with E-state index in [0.29, 0.717) is 56.1 Å². The number of alkyl halides is 3. The summed E-state index contributed by atoms with van der Waals surface area (Å²) in [5.74, 6) is -0.334. The first-order valence-corrected chi connectivity index (χ1v) is 19.1. The Hall–Kier alpha value is -4.34. The van der Waals surface area contributed by atoms with Gasteiger partial charge in [0.2, 0.25) is 5.91 Å². The third-order valence-corrected chi connectivity index (χ3v) is 11.7. The number of hydrogen-bond acceptors (Lipinski definition) is 7. The van der Waals surface area contributed by atoms with E-state index < -0.39 is 23.8 Å². The number of piperidine rings is 2.